The Morgan fingerprint density at radius 3 is 2.60 bits per heavy atom. The van der Waals surface area contributed by atoms with Crippen molar-refractivity contribution < 1.29 is 9.59 Å². The van der Waals surface area contributed by atoms with E-state index in [4.69, 9.17) is 0 Å². The van der Waals surface area contributed by atoms with Crippen LogP contribution >= 0.6 is 0 Å². The Balaban J connectivity index is 1.73. The average molecular weight is 281 g/mol. The normalized spacial score (nSPS) is 26.2. The topological polar surface area (TPSA) is 61.4 Å². The van der Waals surface area contributed by atoms with Gasteiger partial charge in [-0.3, -0.25) is 9.59 Å². The van der Waals surface area contributed by atoms with E-state index >= 15 is 0 Å². The highest BCUT2D eigenvalue weighted by atomic mass is 16.2. The lowest BCUT2D eigenvalue weighted by Crippen LogP contribution is -2.41. The van der Waals surface area contributed by atoms with Crippen LogP contribution in [0.25, 0.3) is 0 Å². The van der Waals surface area contributed by atoms with E-state index < -0.39 is 5.41 Å². The molecule has 5 heteroatoms. The van der Waals surface area contributed by atoms with Crippen molar-refractivity contribution in [3.05, 3.63) is 0 Å². The first-order chi connectivity index (χ1) is 9.36. The fourth-order valence-electron chi connectivity index (χ4n) is 2.88. The third-order valence-electron chi connectivity index (χ3n) is 4.18. The molecule has 2 rings (SSSR count). The summed E-state index contributed by atoms with van der Waals surface area (Å²) in [6.07, 6.45) is 3.87. The molecule has 2 aliphatic heterocycles. The number of carbonyl (C=O) groups is 2. The molecule has 0 saturated carbocycles. The maximum absolute atomic E-state index is 12.2. The van der Waals surface area contributed by atoms with E-state index in [2.05, 4.69) is 10.6 Å². The van der Waals surface area contributed by atoms with Gasteiger partial charge in [-0.25, -0.2) is 0 Å². The van der Waals surface area contributed by atoms with Crippen LogP contribution in [0.15, 0.2) is 0 Å². The number of amides is 2. The quantitative estimate of drug-likeness (QED) is 0.808. The van der Waals surface area contributed by atoms with E-state index in [1.54, 1.807) is 0 Å². The van der Waals surface area contributed by atoms with Crippen LogP contribution in [0.1, 0.15) is 46.5 Å². The molecule has 2 saturated heterocycles. The maximum atomic E-state index is 12.2. The van der Waals surface area contributed by atoms with Crippen LogP contribution in [0.3, 0.4) is 0 Å². The maximum Gasteiger partial charge on any atom is 0.225 e. The molecule has 0 aromatic carbocycles. The first kappa shape index (κ1) is 15.3. The van der Waals surface area contributed by atoms with Gasteiger partial charge in [-0.15, -0.1) is 0 Å². The zero-order valence-electron chi connectivity index (χ0n) is 12.9. The molecule has 0 aromatic heterocycles. The lowest BCUT2D eigenvalue weighted by Gasteiger charge is -2.25. The predicted molar refractivity (Wildman–Crippen MR) is 78.2 cm³/mol. The molecule has 2 aliphatic rings. The van der Waals surface area contributed by atoms with E-state index in [-0.39, 0.29) is 11.8 Å². The van der Waals surface area contributed by atoms with Crippen molar-refractivity contribution in [3.63, 3.8) is 0 Å². The van der Waals surface area contributed by atoms with Crippen molar-refractivity contribution in [3.8, 4) is 0 Å². The third-order valence-corrected chi connectivity index (χ3v) is 4.18. The molecular weight excluding hydrogens is 254 g/mol. The van der Waals surface area contributed by atoms with Gasteiger partial charge in [0.1, 0.15) is 0 Å². The summed E-state index contributed by atoms with van der Waals surface area (Å²) in [6, 6.07) is 1.06. The molecular formula is C15H27N3O2. The van der Waals surface area contributed by atoms with Crippen LogP contribution in [0.2, 0.25) is 0 Å². The lowest BCUT2D eigenvalue weighted by atomic mass is 9.96. The van der Waals surface area contributed by atoms with Gasteiger partial charge < -0.3 is 15.5 Å². The fraction of sp³-hybridized carbons (Fsp3) is 0.867. The standard InChI is InChI=1S/C15H27N3O2/c1-15(2,3)14(20)16-8-6-13(19)18-9-7-11-4-5-12(10-18)17-11/h11-12,17H,4-10H2,1-3H3,(H,16,20). The van der Waals surface area contributed by atoms with Gasteiger partial charge in [0, 0.05) is 43.6 Å². The number of nitrogens with zero attached hydrogens (tertiary/aromatic N) is 1. The number of carbonyl (C=O) groups excluding carboxylic acids is 2. The van der Waals surface area contributed by atoms with Crippen molar-refractivity contribution in [1.29, 1.82) is 0 Å². The van der Waals surface area contributed by atoms with E-state index in [1.165, 1.54) is 12.8 Å². The zero-order chi connectivity index (χ0) is 14.8. The molecule has 2 heterocycles. The van der Waals surface area contributed by atoms with Gasteiger partial charge in [0.05, 0.1) is 0 Å². The van der Waals surface area contributed by atoms with Gasteiger partial charge in [-0.05, 0) is 19.3 Å². The Kier molecular flexibility index (Phi) is 4.68. The summed E-state index contributed by atoms with van der Waals surface area (Å²) in [5.41, 5.74) is -0.394. The summed E-state index contributed by atoms with van der Waals surface area (Å²) in [7, 11) is 0. The van der Waals surface area contributed by atoms with Crippen LogP contribution < -0.4 is 10.6 Å². The minimum absolute atomic E-state index is 0.00175. The molecule has 20 heavy (non-hydrogen) atoms. The van der Waals surface area contributed by atoms with Crippen LogP contribution in [0, 0.1) is 5.41 Å². The Morgan fingerprint density at radius 2 is 1.90 bits per heavy atom. The lowest BCUT2D eigenvalue weighted by molar-refractivity contribution is -0.132. The second-order valence-electron chi connectivity index (χ2n) is 7.02. The second kappa shape index (κ2) is 6.12. The Hall–Kier alpha value is -1.10. The first-order valence-electron chi connectivity index (χ1n) is 7.68. The fourth-order valence-corrected chi connectivity index (χ4v) is 2.88. The van der Waals surface area contributed by atoms with Crippen molar-refractivity contribution >= 4 is 11.8 Å². The zero-order valence-corrected chi connectivity index (χ0v) is 12.9. The number of fused-ring (bicyclic) bond motifs is 2. The number of hydrogen-bond acceptors (Lipinski definition) is 3. The van der Waals surface area contributed by atoms with Gasteiger partial charge in [0.15, 0.2) is 0 Å². The highest BCUT2D eigenvalue weighted by Crippen LogP contribution is 2.20. The monoisotopic (exact) mass is 281 g/mol. The molecule has 0 aromatic rings. The molecule has 2 bridgehead atoms. The number of rotatable bonds is 3. The molecule has 2 atom stereocenters. The predicted octanol–water partition coefficient (Wildman–Crippen LogP) is 0.892. The van der Waals surface area contributed by atoms with Crippen molar-refractivity contribution in [2.45, 2.75) is 58.5 Å². The number of nitrogens with one attached hydrogen (secondary N) is 2. The van der Waals surface area contributed by atoms with Crippen LogP contribution in [0.4, 0.5) is 0 Å². The molecule has 0 radical (unpaired) electrons. The van der Waals surface area contributed by atoms with Crippen LogP contribution in [0.5, 0.6) is 0 Å². The summed E-state index contributed by atoms with van der Waals surface area (Å²) in [5.74, 6) is 0.162. The van der Waals surface area contributed by atoms with Gasteiger partial charge in [0.2, 0.25) is 11.8 Å². The third kappa shape index (κ3) is 3.95. The van der Waals surface area contributed by atoms with Crippen LogP contribution in [-0.2, 0) is 9.59 Å². The summed E-state index contributed by atoms with van der Waals surface area (Å²) >= 11 is 0. The molecule has 2 N–H and O–H groups in total. The van der Waals surface area contributed by atoms with E-state index in [0.29, 0.717) is 25.0 Å². The molecule has 0 spiro atoms. The molecule has 5 nitrogen and oxygen atoms in total. The van der Waals surface area contributed by atoms with E-state index in [9.17, 15) is 9.59 Å². The van der Waals surface area contributed by atoms with Gasteiger partial charge in [-0.2, -0.15) is 0 Å². The Bertz CT molecular complexity index is 376. The molecule has 2 fully saturated rings. The van der Waals surface area contributed by atoms with Gasteiger partial charge in [-0.1, -0.05) is 20.8 Å². The van der Waals surface area contributed by atoms with E-state index in [1.807, 2.05) is 25.7 Å². The van der Waals surface area contributed by atoms with Crippen molar-refractivity contribution in [1.82, 2.24) is 15.5 Å². The first-order valence-corrected chi connectivity index (χ1v) is 7.68. The minimum atomic E-state index is -0.394. The highest BCUT2D eigenvalue weighted by Gasteiger charge is 2.31. The van der Waals surface area contributed by atoms with Gasteiger partial charge >= 0.3 is 0 Å². The summed E-state index contributed by atoms with van der Waals surface area (Å²) in [5, 5.41) is 6.41. The SMILES string of the molecule is CC(C)(C)C(=O)NCCC(=O)N1CCC2CCC(C1)N2. The molecule has 114 valence electrons. The summed E-state index contributed by atoms with van der Waals surface area (Å²) in [4.78, 5) is 25.9. The van der Waals surface area contributed by atoms with E-state index in [0.717, 1.165) is 19.5 Å². The Morgan fingerprint density at radius 1 is 1.20 bits per heavy atom. The summed E-state index contributed by atoms with van der Waals surface area (Å²) in [6.45, 7) is 7.74. The Labute approximate surface area is 121 Å². The highest BCUT2D eigenvalue weighted by molar-refractivity contribution is 5.82. The molecule has 2 amide bonds. The van der Waals surface area contributed by atoms with Crippen molar-refractivity contribution in [2.24, 2.45) is 5.41 Å². The second-order valence-corrected chi connectivity index (χ2v) is 7.02. The molecule has 2 unspecified atom stereocenters. The van der Waals surface area contributed by atoms with Crippen LogP contribution in [-0.4, -0.2) is 48.4 Å². The minimum Gasteiger partial charge on any atom is -0.355 e. The van der Waals surface area contributed by atoms with Gasteiger partial charge in [0.25, 0.3) is 0 Å². The smallest absolute Gasteiger partial charge is 0.225 e. The number of hydrogen-bond donors (Lipinski definition) is 2. The van der Waals surface area contributed by atoms with Crippen molar-refractivity contribution in [2.75, 3.05) is 19.6 Å². The molecule has 0 aliphatic carbocycles. The summed E-state index contributed by atoms with van der Waals surface area (Å²) < 4.78 is 0. The number of likely N-dealkylation sites (tertiary alicyclic amines) is 1. The average Bonchev–Trinajstić information content (AvgIpc) is 2.67. The largest absolute Gasteiger partial charge is 0.355 e.